The first kappa shape index (κ1) is 83.5. The van der Waals surface area contributed by atoms with Gasteiger partial charge in [0.1, 0.15) is 113 Å². The van der Waals surface area contributed by atoms with Crippen molar-refractivity contribution in [3.05, 3.63) is 106 Å². The van der Waals surface area contributed by atoms with Crippen LogP contribution in [0, 0.1) is 6.92 Å². The maximum atomic E-state index is 14.5. The molecule has 0 spiro atoms. The van der Waals surface area contributed by atoms with E-state index in [1.807, 2.05) is 0 Å². The van der Waals surface area contributed by atoms with Gasteiger partial charge in [-0.1, -0.05) is 39.3 Å². The first-order valence-electron chi connectivity index (χ1n) is 35.4. The fourth-order valence-corrected chi connectivity index (χ4v) is 15.7. The Labute approximate surface area is 650 Å². The number of carboxylic acids is 2. The van der Waals surface area contributed by atoms with E-state index in [-0.39, 0.29) is 117 Å². The molecule has 614 valence electrons. The number of phenols is 1. The number of aliphatic hydroxyl groups excluding tert-OH is 6. The summed E-state index contributed by atoms with van der Waals surface area (Å²) in [5.74, 6) is -10.0. The number of fused-ring (bicyclic) bond motifs is 6. The van der Waals surface area contributed by atoms with Gasteiger partial charge in [-0.2, -0.15) is 0 Å². The van der Waals surface area contributed by atoms with Crippen LogP contribution in [0.5, 0.6) is 28.7 Å². The molecule has 0 radical (unpaired) electrons. The molecule has 0 saturated carbocycles. The van der Waals surface area contributed by atoms with Crippen molar-refractivity contribution in [2.45, 2.75) is 137 Å². The number of hydrogen-bond donors (Lipinski definition) is 10. The van der Waals surface area contributed by atoms with Gasteiger partial charge in [-0.25, -0.2) is 32.3 Å². The summed E-state index contributed by atoms with van der Waals surface area (Å²) < 4.78 is 124. The number of alkyl carbamates (subject to hydrolysis) is 1. The molecule has 4 fully saturated rings. The van der Waals surface area contributed by atoms with Crippen molar-refractivity contribution < 1.29 is 164 Å². The standard InChI is InChI=1S/C71H83BrN6O34S/c1-35-26-41-49(50(82)48-40(57(41)97-2)6-5-7-43(48)79)58-47(35)59-62-71(98-3,111-58)69(32-72,105-34-76(17-25-113(4,95)96)68(94)104-29-36-8-11-39(12-9-36)106-65-55(87)51(83)53(85)60(108-65)63(89)90)70(110-59,112-62)33-73-67(93)103-30-37-10-13-44(107-66-56(88)52(84)54(86)61(109-66)64(91)92)42(27-37)78-28-38(74-75-78)31-102-24-23-101-22-21-100-20-19-99-18-16-77-45(80)14-15-46(77)81/h8-15,26-28,51-56,59-62,65-66,82-88H,5-7,16-25,29-34H2,1-4H3,(H,73,93)(H,89,90)(H,91,92)/t51-,52-,53-,54-,55+,56+,59?,60-,61-,62?,65+,66+,69+,70?,71+/m0/s1. The highest BCUT2D eigenvalue weighted by molar-refractivity contribution is 9.09. The molecule has 4 saturated heterocycles. The number of carbonyl (C=O) groups excluding carboxylic acids is 5. The number of aliphatic hydroxyl groups is 6. The predicted octanol–water partition coefficient (Wildman–Crippen LogP) is -0.385. The maximum absolute atomic E-state index is 14.5. The number of alkyl halides is 1. The number of hydrogen-bond acceptors (Lipinski definition) is 34. The lowest BCUT2D eigenvalue weighted by atomic mass is 9.76. The van der Waals surface area contributed by atoms with E-state index in [1.165, 1.54) is 79.7 Å². The fourth-order valence-electron chi connectivity index (χ4n) is 14.1. The van der Waals surface area contributed by atoms with Crippen LogP contribution >= 0.6 is 15.9 Å². The molecular formula is C71H83BrN6O34S. The van der Waals surface area contributed by atoms with Crippen LogP contribution in [-0.2, 0) is 112 Å². The Morgan fingerprint density at radius 1 is 0.752 bits per heavy atom. The molecule has 1 aromatic heterocycles. The van der Waals surface area contributed by atoms with E-state index in [1.54, 1.807) is 13.0 Å². The van der Waals surface area contributed by atoms with Gasteiger partial charge in [-0.15, -0.1) is 5.10 Å². The van der Waals surface area contributed by atoms with Crippen LogP contribution in [0.2, 0.25) is 0 Å². The van der Waals surface area contributed by atoms with Gasteiger partial charge in [0.2, 0.25) is 24.0 Å². The largest absolute Gasteiger partial charge is 0.506 e. The highest BCUT2D eigenvalue weighted by Gasteiger charge is 2.86. The number of aliphatic carboxylic acids is 2. The number of methoxy groups -OCH3 is 2. The van der Waals surface area contributed by atoms with Gasteiger partial charge in [0.15, 0.2) is 24.1 Å². The number of nitrogens with one attached hydrogen (secondary N) is 1. The zero-order valence-corrected chi connectivity index (χ0v) is 63.4. The molecule has 1 aliphatic carbocycles. The van der Waals surface area contributed by atoms with Crippen LogP contribution in [-0.4, -0.2) is 310 Å². The van der Waals surface area contributed by atoms with Gasteiger partial charge in [-0.3, -0.25) is 24.2 Å². The third-order valence-corrected chi connectivity index (χ3v) is 21.6. The number of aryl methyl sites for hydroxylation is 1. The number of benzene rings is 4. The van der Waals surface area contributed by atoms with E-state index >= 15 is 0 Å². The predicted molar refractivity (Wildman–Crippen MR) is 379 cm³/mol. The normalized spacial score (nSPS) is 27.6. The number of Topliss-reactive ketones (excluding diaryl/α,β-unsaturated/α-hetero) is 1. The van der Waals surface area contributed by atoms with Gasteiger partial charge >= 0.3 is 24.1 Å². The molecule has 2 bridgehead atoms. The number of aromatic hydroxyl groups is 1. The monoisotopic (exact) mass is 1670 g/mol. The quantitative estimate of drug-likeness (QED) is 0.0106. The maximum Gasteiger partial charge on any atom is 0.411 e. The van der Waals surface area contributed by atoms with Crippen molar-refractivity contribution in [2.75, 3.05) is 104 Å². The number of halogens is 1. The van der Waals surface area contributed by atoms with E-state index in [2.05, 4.69) is 31.6 Å². The minimum atomic E-state index is -3.86. The van der Waals surface area contributed by atoms with Crippen LogP contribution in [0.1, 0.15) is 62.8 Å². The first-order valence-corrected chi connectivity index (χ1v) is 38.5. The molecular weight excluding hydrogens is 1590 g/mol. The molecule has 7 heterocycles. The number of ketones is 1. The molecule has 4 aromatic carbocycles. The average molecular weight is 1680 g/mol. The molecule has 4 amide bonds. The number of rotatable bonds is 36. The van der Waals surface area contributed by atoms with E-state index in [0.717, 1.165) is 16.1 Å². The third kappa shape index (κ3) is 17.0. The minimum absolute atomic E-state index is 0.0145. The molecule has 3 unspecified atom stereocenters. The Morgan fingerprint density at radius 2 is 1.37 bits per heavy atom. The number of carbonyl (C=O) groups is 7. The number of nitrogens with zero attached hydrogens (tertiary/aromatic N) is 5. The van der Waals surface area contributed by atoms with Crippen molar-refractivity contribution in [1.82, 2.24) is 30.1 Å². The molecule has 5 aromatic rings. The zero-order chi connectivity index (χ0) is 81.0. The first-order chi connectivity index (χ1) is 54.0. The van der Waals surface area contributed by atoms with Crippen molar-refractivity contribution in [1.29, 1.82) is 0 Å². The second kappa shape index (κ2) is 35.1. The molecule has 10 N–H and O–H groups in total. The average Bonchev–Trinajstić information content (AvgIpc) is 1.49. The van der Waals surface area contributed by atoms with Gasteiger partial charge < -0.3 is 127 Å². The number of aromatic nitrogens is 3. The molecule has 42 heteroatoms. The van der Waals surface area contributed by atoms with E-state index in [0.29, 0.717) is 46.2 Å². The number of sulfone groups is 1. The lowest BCUT2D eigenvalue weighted by Crippen LogP contribution is -2.76. The van der Waals surface area contributed by atoms with Crippen LogP contribution < -0.4 is 24.3 Å². The molecule has 113 heavy (non-hydrogen) atoms. The summed E-state index contributed by atoms with van der Waals surface area (Å²) in [6, 6.07) is 11.4. The fraction of sp³-hybridized carbons (Fsp3) is 0.535. The summed E-state index contributed by atoms with van der Waals surface area (Å²) in [7, 11) is -1.18. The number of ether oxygens (including phenoxy) is 16. The summed E-state index contributed by atoms with van der Waals surface area (Å²) in [5.41, 5.74) is -0.107. The Hall–Kier alpha value is -8.90. The van der Waals surface area contributed by atoms with Gasteiger partial charge in [-0.05, 0) is 66.8 Å². The lowest BCUT2D eigenvalue weighted by Gasteiger charge is -2.55. The van der Waals surface area contributed by atoms with Crippen molar-refractivity contribution in [3.63, 3.8) is 0 Å². The van der Waals surface area contributed by atoms with Crippen LogP contribution in [0.4, 0.5) is 9.59 Å². The molecule has 6 aliphatic heterocycles. The van der Waals surface area contributed by atoms with Crippen molar-refractivity contribution in [3.8, 4) is 34.4 Å². The minimum Gasteiger partial charge on any atom is -0.506 e. The van der Waals surface area contributed by atoms with Crippen LogP contribution in [0.15, 0.2) is 66.9 Å². The molecule has 12 rings (SSSR count). The summed E-state index contributed by atoms with van der Waals surface area (Å²) in [6.07, 6.45) is -18.6. The SMILES string of the molecule is COc1c2c(c(O)c3c4c(c(C)cc13)C1OC3(CNC(=O)OCc5ccc(O[C@@H]6O[C@H](C(=O)O)[C@@H](O)[C@H](O)[C@H]6O)c(-n6cc(COCCOCCOCCOCCN7C(=O)C=CC7=O)nn6)c5)OC1[C@@](OC)(O4)[C@]3(CBr)OCN(CCS(C)(=O)=O)C(=O)OCc1ccc(O[C@@H]3O[C@H](C(=O)O)[C@@H](O)[C@H](O)[C@H]3O)cc1)C(=O)CCC2. The summed E-state index contributed by atoms with van der Waals surface area (Å²) in [5, 5.41) is 106. The Bertz CT molecular complexity index is 4520. The van der Waals surface area contributed by atoms with Gasteiger partial charge in [0.25, 0.3) is 17.6 Å². The highest BCUT2D eigenvalue weighted by atomic mass is 79.9. The molecule has 40 nitrogen and oxygen atoms in total. The summed E-state index contributed by atoms with van der Waals surface area (Å²) in [4.78, 5) is 91.8. The number of carboxylic acid groups (broad SMARTS) is 2. The van der Waals surface area contributed by atoms with E-state index in [9.17, 15) is 87.9 Å². The topological polar surface area (TPSA) is 533 Å². The van der Waals surface area contributed by atoms with Crippen molar-refractivity contribution >= 4 is 78.3 Å². The Balaban J connectivity index is 0.773. The number of imide groups is 1. The number of amides is 4. The van der Waals surface area contributed by atoms with E-state index in [4.69, 9.17) is 75.8 Å². The second-order valence-electron chi connectivity index (χ2n) is 27.1. The number of phenolic OH excluding ortho intramolecular Hbond substituents is 1. The van der Waals surface area contributed by atoms with Crippen LogP contribution in [0.3, 0.4) is 0 Å². The van der Waals surface area contributed by atoms with Gasteiger partial charge in [0, 0.05) is 60.3 Å². The second-order valence-corrected chi connectivity index (χ2v) is 30.0. The summed E-state index contributed by atoms with van der Waals surface area (Å²) >= 11 is 3.60. The van der Waals surface area contributed by atoms with Crippen LogP contribution in [0.25, 0.3) is 16.5 Å². The van der Waals surface area contributed by atoms with Gasteiger partial charge in [0.05, 0.1) is 96.0 Å². The summed E-state index contributed by atoms with van der Waals surface area (Å²) in [6.45, 7) is -0.138. The Morgan fingerprint density at radius 3 is 1.99 bits per heavy atom. The van der Waals surface area contributed by atoms with Crippen molar-refractivity contribution in [2.24, 2.45) is 0 Å². The highest BCUT2D eigenvalue weighted by Crippen LogP contribution is 2.68. The molecule has 15 atom stereocenters. The zero-order valence-electron chi connectivity index (χ0n) is 61.0. The Kier molecular flexibility index (Phi) is 25.9. The molecule has 7 aliphatic rings. The smallest absolute Gasteiger partial charge is 0.411 e. The van der Waals surface area contributed by atoms with E-state index < -0.39 is 186 Å². The lowest BCUT2D eigenvalue weighted by molar-refractivity contribution is -0.360. The third-order valence-electron chi connectivity index (χ3n) is 19.9.